The summed E-state index contributed by atoms with van der Waals surface area (Å²) >= 11 is 0. The molecule has 2 amide bonds. The van der Waals surface area contributed by atoms with E-state index in [1.807, 2.05) is 0 Å². The molecule has 0 atom stereocenters. The Morgan fingerprint density at radius 3 is 2.52 bits per heavy atom. The molecule has 8 heteroatoms. The van der Waals surface area contributed by atoms with E-state index in [4.69, 9.17) is 9.84 Å². The largest absolute Gasteiger partial charge is 0.474 e. The molecular formula is C15H21N3O5. The second kappa shape index (κ2) is 7.57. The molecule has 0 bridgehead atoms. The van der Waals surface area contributed by atoms with E-state index in [1.165, 1.54) is 0 Å². The summed E-state index contributed by atoms with van der Waals surface area (Å²) in [7, 11) is 0. The SMILES string of the molecule is Cc1ncccc1N(CCNC(=O)OC(C)(C)C)C(=O)C(=O)O. The Hall–Kier alpha value is -2.64. The summed E-state index contributed by atoms with van der Waals surface area (Å²) in [4.78, 5) is 39.5. The van der Waals surface area contributed by atoms with Crippen LogP contribution in [0, 0.1) is 6.92 Å². The molecule has 0 unspecified atom stereocenters. The van der Waals surface area contributed by atoms with Gasteiger partial charge in [-0.3, -0.25) is 14.7 Å². The van der Waals surface area contributed by atoms with Crippen LogP contribution in [0.5, 0.6) is 0 Å². The highest BCUT2D eigenvalue weighted by Gasteiger charge is 2.24. The lowest BCUT2D eigenvalue weighted by molar-refractivity contribution is -0.148. The second-order valence-corrected chi connectivity index (χ2v) is 5.80. The van der Waals surface area contributed by atoms with Gasteiger partial charge >= 0.3 is 18.0 Å². The molecule has 0 aliphatic heterocycles. The number of aryl methyl sites for hydroxylation is 1. The number of ether oxygens (including phenoxy) is 1. The summed E-state index contributed by atoms with van der Waals surface area (Å²) in [6.07, 6.45) is 0.907. The average molecular weight is 323 g/mol. The molecule has 1 aromatic rings. The molecule has 0 saturated carbocycles. The van der Waals surface area contributed by atoms with Crippen LogP contribution in [0.25, 0.3) is 0 Å². The van der Waals surface area contributed by atoms with E-state index in [2.05, 4.69) is 10.3 Å². The molecule has 0 fully saturated rings. The first kappa shape index (κ1) is 18.4. The number of carbonyl (C=O) groups excluding carboxylic acids is 2. The number of alkyl carbamates (subject to hydrolysis) is 1. The molecule has 2 N–H and O–H groups in total. The van der Waals surface area contributed by atoms with E-state index >= 15 is 0 Å². The Morgan fingerprint density at radius 1 is 1.35 bits per heavy atom. The highest BCUT2D eigenvalue weighted by molar-refractivity contribution is 6.37. The van der Waals surface area contributed by atoms with Crippen molar-refractivity contribution in [3.8, 4) is 0 Å². The number of rotatable bonds is 4. The Kier molecular flexibility index (Phi) is 6.06. The highest BCUT2D eigenvalue weighted by atomic mass is 16.6. The fourth-order valence-electron chi connectivity index (χ4n) is 1.79. The number of carboxylic acids is 1. The number of nitrogens with one attached hydrogen (secondary N) is 1. The summed E-state index contributed by atoms with van der Waals surface area (Å²) < 4.78 is 5.07. The van der Waals surface area contributed by atoms with E-state index in [0.717, 1.165) is 4.90 Å². The van der Waals surface area contributed by atoms with E-state index < -0.39 is 23.6 Å². The zero-order valence-electron chi connectivity index (χ0n) is 13.6. The van der Waals surface area contributed by atoms with E-state index in [9.17, 15) is 14.4 Å². The quantitative estimate of drug-likeness (QED) is 0.809. The van der Waals surface area contributed by atoms with Gasteiger partial charge in [-0.15, -0.1) is 0 Å². The lowest BCUT2D eigenvalue weighted by Crippen LogP contribution is -2.43. The summed E-state index contributed by atoms with van der Waals surface area (Å²) in [5.74, 6) is -2.67. The van der Waals surface area contributed by atoms with Crippen LogP contribution in [0.1, 0.15) is 26.5 Å². The zero-order valence-corrected chi connectivity index (χ0v) is 13.6. The summed E-state index contributed by atoms with van der Waals surface area (Å²) in [5.41, 5.74) is 0.255. The number of anilines is 1. The molecule has 0 radical (unpaired) electrons. The maximum atomic E-state index is 11.9. The van der Waals surface area contributed by atoms with Crippen molar-refractivity contribution >= 4 is 23.7 Å². The maximum Gasteiger partial charge on any atom is 0.407 e. The number of nitrogens with zero attached hydrogens (tertiary/aromatic N) is 2. The first-order valence-corrected chi connectivity index (χ1v) is 7.05. The number of pyridine rings is 1. The van der Waals surface area contributed by atoms with Crippen LogP contribution in [-0.4, -0.2) is 46.8 Å². The van der Waals surface area contributed by atoms with Crippen molar-refractivity contribution in [2.24, 2.45) is 0 Å². The minimum Gasteiger partial charge on any atom is -0.474 e. The van der Waals surface area contributed by atoms with Crippen molar-refractivity contribution in [1.29, 1.82) is 0 Å². The Balaban J connectivity index is 2.76. The van der Waals surface area contributed by atoms with Gasteiger partial charge in [0.1, 0.15) is 5.60 Å². The molecule has 1 heterocycles. The first-order valence-electron chi connectivity index (χ1n) is 7.05. The smallest absolute Gasteiger partial charge is 0.407 e. The molecule has 0 aliphatic carbocycles. The Labute approximate surface area is 134 Å². The van der Waals surface area contributed by atoms with Crippen LogP contribution in [0.15, 0.2) is 18.3 Å². The minimum atomic E-state index is -1.58. The normalized spacial score (nSPS) is 10.8. The van der Waals surface area contributed by atoms with Gasteiger partial charge in [0.15, 0.2) is 0 Å². The maximum absolute atomic E-state index is 11.9. The van der Waals surface area contributed by atoms with E-state index in [1.54, 1.807) is 46.0 Å². The third-order valence-corrected chi connectivity index (χ3v) is 2.70. The van der Waals surface area contributed by atoms with Gasteiger partial charge in [0.2, 0.25) is 0 Å². The molecule has 0 saturated heterocycles. The predicted octanol–water partition coefficient (Wildman–Crippen LogP) is 1.33. The fourth-order valence-corrected chi connectivity index (χ4v) is 1.79. The highest BCUT2D eigenvalue weighted by Crippen LogP contribution is 2.17. The van der Waals surface area contributed by atoms with Gasteiger partial charge in [-0.25, -0.2) is 9.59 Å². The van der Waals surface area contributed by atoms with Gasteiger partial charge in [-0.1, -0.05) is 0 Å². The van der Waals surface area contributed by atoms with Crippen LogP contribution in [0.3, 0.4) is 0 Å². The number of carbonyl (C=O) groups is 3. The number of carboxylic acid groups (broad SMARTS) is 1. The molecule has 0 aromatic carbocycles. The van der Waals surface area contributed by atoms with Crippen LogP contribution in [-0.2, 0) is 14.3 Å². The monoisotopic (exact) mass is 323 g/mol. The summed E-state index contributed by atoms with van der Waals surface area (Å²) in [6.45, 7) is 6.88. The number of hydrogen-bond donors (Lipinski definition) is 2. The summed E-state index contributed by atoms with van der Waals surface area (Å²) in [5, 5.41) is 11.4. The van der Waals surface area contributed by atoms with Crippen molar-refractivity contribution in [2.75, 3.05) is 18.0 Å². The molecule has 0 aliphatic rings. The number of aromatic nitrogens is 1. The predicted molar refractivity (Wildman–Crippen MR) is 83.2 cm³/mol. The topological polar surface area (TPSA) is 109 Å². The molecule has 1 rings (SSSR count). The first-order chi connectivity index (χ1) is 10.6. The van der Waals surface area contributed by atoms with Crippen molar-refractivity contribution in [2.45, 2.75) is 33.3 Å². The second-order valence-electron chi connectivity index (χ2n) is 5.80. The Bertz CT molecular complexity index is 595. The minimum absolute atomic E-state index is 0.0170. The lowest BCUT2D eigenvalue weighted by atomic mass is 10.2. The average Bonchev–Trinajstić information content (AvgIpc) is 2.42. The molecule has 23 heavy (non-hydrogen) atoms. The van der Waals surface area contributed by atoms with Gasteiger partial charge in [-0.2, -0.15) is 0 Å². The number of aliphatic carboxylic acids is 1. The third kappa shape index (κ3) is 5.93. The van der Waals surface area contributed by atoms with Gasteiger partial charge in [0.05, 0.1) is 11.4 Å². The molecular weight excluding hydrogens is 302 g/mol. The molecule has 1 aromatic heterocycles. The molecule has 8 nitrogen and oxygen atoms in total. The summed E-state index contributed by atoms with van der Waals surface area (Å²) in [6, 6.07) is 3.20. The van der Waals surface area contributed by atoms with Crippen LogP contribution in [0.4, 0.5) is 10.5 Å². The van der Waals surface area contributed by atoms with Gasteiger partial charge in [0.25, 0.3) is 0 Å². The van der Waals surface area contributed by atoms with Crippen LogP contribution in [0.2, 0.25) is 0 Å². The van der Waals surface area contributed by atoms with Crippen molar-refractivity contribution < 1.29 is 24.2 Å². The third-order valence-electron chi connectivity index (χ3n) is 2.70. The van der Waals surface area contributed by atoms with E-state index in [-0.39, 0.29) is 13.1 Å². The van der Waals surface area contributed by atoms with Crippen LogP contribution >= 0.6 is 0 Å². The van der Waals surface area contributed by atoms with Gasteiger partial charge in [0, 0.05) is 19.3 Å². The number of amides is 2. The van der Waals surface area contributed by atoms with Crippen molar-refractivity contribution in [3.05, 3.63) is 24.0 Å². The van der Waals surface area contributed by atoms with Crippen LogP contribution < -0.4 is 10.2 Å². The Morgan fingerprint density at radius 2 is 2.00 bits per heavy atom. The molecule has 126 valence electrons. The fraction of sp³-hybridized carbons (Fsp3) is 0.467. The van der Waals surface area contributed by atoms with Crippen molar-refractivity contribution in [1.82, 2.24) is 10.3 Å². The zero-order chi connectivity index (χ0) is 17.6. The van der Waals surface area contributed by atoms with Crippen molar-refractivity contribution in [3.63, 3.8) is 0 Å². The van der Waals surface area contributed by atoms with E-state index in [0.29, 0.717) is 11.4 Å². The van der Waals surface area contributed by atoms with Gasteiger partial charge in [-0.05, 0) is 39.8 Å². The van der Waals surface area contributed by atoms with Gasteiger partial charge < -0.3 is 15.2 Å². The standard InChI is InChI=1S/C15H21N3O5/c1-10-11(6-5-7-16-10)18(12(19)13(20)21)9-8-17-14(22)23-15(2,3)4/h5-7H,8-9H2,1-4H3,(H,17,22)(H,20,21). The lowest BCUT2D eigenvalue weighted by Gasteiger charge is -2.23. The number of hydrogen-bond acceptors (Lipinski definition) is 5. The molecule has 0 spiro atoms.